The van der Waals surface area contributed by atoms with Crippen LogP contribution in [0.3, 0.4) is 0 Å². The Hall–Kier alpha value is -3.35. The summed E-state index contributed by atoms with van der Waals surface area (Å²) in [7, 11) is 0. The van der Waals surface area contributed by atoms with Gasteiger partial charge >= 0.3 is 0 Å². The molecule has 1 aromatic heterocycles. The van der Waals surface area contributed by atoms with Crippen molar-refractivity contribution < 1.29 is 18.3 Å². The minimum Gasteiger partial charge on any atom is -0.491 e. The number of hydrogen-bond acceptors (Lipinski definition) is 4. The van der Waals surface area contributed by atoms with Gasteiger partial charge in [0.25, 0.3) is 11.8 Å². The van der Waals surface area contributed by atoms with Crippen LogP contribution < -0.4 is 4.74 Å². The Balaban J connectivity index is 1.67. The molecule has 0 saturated heterocycles. The quantitative estimate of drug-likeness (QED) is 0.618. The molecule has 2 heterocycles. The van der Waals surface area contributed by atoms with Crippen molar-refractivity contribution in [3.8, 4) is 16.9 Å². The number of hydrogen-bond donors (Lipinski definition) is 0. The van der Waals surface area contributed by atoms with Crippen molar-refractivity contribution in [2.45, 2.75) is 25.8 Å². The number of ether oxygens (including phenoxy) is 1. The van der Waals surface area contributed by atoms with Gasteiger partial charge in [-0.05, 0) is 36.2 Å². The molecule has 0 fully saturated rings. The molecule has 0 N–H and O–H groups in total. The average Bonchev–Trinajstić information content (AvgIpc) is 2.92. The van der Waals surface area contributed by atoms with Gasteiger partial charge in [-0.25, -0.2) is 18.7 Å². The molecule has 3 aromatic rings. The maximum atomic E-state index is 13.5. The highest BCUT2D eigenvalue weighted by atomic mass is 19.3. The Morgan fingerprint density at radius 3 is 2.40 bits per heavy atom. The number of amides is 1. The zero-order chi connectivity index (χ0) is 21.3. The van der Waals surface area contributed by atoms with Crippen LogP contribution in [0.1, 0.15) is 41.6 Å². The first-order valence-electron chi connectivity index (χ1n) is 9.68. The Labute approximate surface area is 173 Å². The lowest BCUT2D eigenvalue weighted by molar-refractivity contribution is 0.0175. The van der Waals surface area contributed by atoms with Crippen LogP contribution in [0.25, 0.3) is 11.1 Å². The molecule has 0 spiro atoms. The number of benzene rings is 2. The van der Waals surface area contributed by atoms with E-state index in [0.29, 0.717) is 30.3 Å². The lowest BCUT2D eigenvalue weighted by atomic mass is 9.99. The molecule has 154 valence electrons. The number of fused-ring (bicyclic) bond motifs is 1. The van der Waals surface area contributed by atoms with Gasteiger partial charge in [0.15, 0.2) is 0 Å². The van der Waals surface area contributed by atoms with E-state index in [-0.39, 0.29) is 17.5 Å². The van der Waals surface area contributed by atoms with Crippen LogP contribution in [0.15, 0.2) is 60.9 Å². The van der Waals surface area contributed by atoms with Crippen LogP contribution in [0.4, 0.5) is 8.78 Å². The van der Waals surface area contributed by atoms with E-state index >= 15 is 0 Å². The molecule has 1 aliphatic heterocycles. The molecule has 2 aromatic carbocycles. The van der Waals surface area contributed by atoms with E-state index in [9.17, 15) is 13.6 Å². The number of halogens is 2. The predicted molar refractivity (Wildman–Crippen MR) is 108 cm³/mol. The maximum absolute atomic E-state index is 13.5. The Bertz CT molecular complexity index is 1050. The van der Waals surface area contributed by atoms with Crippen LogP contribution in [0.2, 0.25) is 0 Å². The van der Waals surface area contributed by atoms with E-state index in [1.54, 1.807) is 47.6 Å². The summed E-state index contributed by atoms with van der Waals surface area (Å²) in [5.41, 5.74) is 1.87. The molecule has 30 heavy (non-hydrogen) atoms. The first-order valence-corrected chi connectivity index (χ1v) is 9.68. The number of carbonyl (C=O) groups excluding carboxylic acids is 1. The highest BCUT2D eigenvalue weighted by molar-refractivity contribution is 5.98. The van der Waals surface area contributed by atoms with Crippen molar-refractivity contribution in [2.75, 3.05) is 13.2 Å². The SMILES string of the molecule is C[C@H](c1ncccn1)N1CCOc2ccc(-c3ccc(C(C)(F)F)cc3)cc2C1=O. The molecule has 0 radical (unpaired) electrons. The van der Waals surface area contributed by atoms with E-state index < -0.39 is 5.92 Å². The first-order chi connectivity index (χ1) is 14.3. The molecule has 1 atom stereocenters. The number of alkyl halides is 2. The van der Waals surface area contributed by atoms with Crippen LogP contribution >= 0.6 is 0 Å². The standard InChI is InChI=1S/C23H21F2N3O2/c1-15(21-26-10-3-11-27-21)28-12-13-30-20-9-6-17(14-19(20)22(28)29)16-4-7-18(8-5-16)23(2,24)25/h3-11,14-15H,12-13H2,1-2H3/t15-/m1/s1. The minimum atomic E-state index is -2.90. The Kier molecular flexibility index (Phi) is 5.20. The third-order valence-electron chi connectivity index (χ3n) is 5.21. The third-order valence-corrected chi connectivity index (χ3v) is 5.21. The molecule has 1 aliphatic rings. The predicted octanol–water partition coefficient (Wildman–Crippen LogP) is 4.85. The van der Waals surface area contributed by atoms with Crippen LogP contribution in [-0.4, -0.2) is 33.9 Å². The second-order valence-electron chi connectivity index (χ2n) is 7.31. The average molecular weight is 409 g/mol. The van der Waals surface area contributed by atoms with Gasteiger partial charge in [0.2, 0.25) is 0 Å². The van der Waals surface area contributed by atoms with E-state index in [0.717, 1.165) is 18.1 Å². The Morgan fingerprint density at radius 2 is 1.73 bits per heavy atom. The van der Waals surface area contributed by atoms with Crippen LogP contribution in [-0.2, 0) is 5.92 Å². The summed E-state index contributed by atoms with van der Waals surface area (Å²) in [6.45, 7) is 3.51. The normalized spacial score (nSPS) is 15.2. The number of rotatable bonds is 4. The van der Waals surface area contributed by atoms with Gasteiger partial charge in [0.05, 0.1) is 18.2 Å². The summed E-state index contributed by atoms with van der Waals surface area (Å²) in [5.74, 6) is -2.02. The van der Waals surface area contributed by atoms with Gasteiger partial charge < -0.3 is 9.64 Å². The Morgan fingerprint density at radius 1 is 1.07 bits per heavy atom. The smallest absolute Gasteiger partial charge is 0.270 e. The van der Waals surface area contributed by atoms with Crippen molar-refractivity contribution in [3.05, 3.63) is 77.9 Å². The number of nitrogens with zero attached hydrogens (tertiary/aromatic N) is 3. The summed E-state index contributed by atoms with van der Waals surface area (Å²) in [5, 5.41) is 0. The molecule has 5 nitrogen and oxygen atoms in total. The van der Waals surface area contributed by atoms with Gasteiger partial charge in [-0.1, -0.05) is 30.3 Å². The lowest BCUT2D eigenvalue weighted by Crippen LogP contribution is -2.35. The summed E-state index contributed by atoms with van der Waals surface area (Å²) >= 11 is 0. The van der Waals surface area contributed by atoms with E-state index in [1.165, 1.54) is 12.1 Å². The molecule has 0 bridgehead atoms. The van der Waals surface area contributed by atoms with Gasteiger partial charge in [-0.3, -0.25) is 4.79 Å². The topological polar surface area (TPSA) is 55.3 Å². The number of aromatic nitrogens is 2. The van der Waals surface area contributed by atoms with E-state index in [4.69, 9.17) is 4.74 Å². The second-order valence-corrected chi connectivity index (χ2v) is 7.31. The minimum absolute atomic E-state index is 0.0525. The highest BCUT2D eigenvalue weighted by Gasteiger charge is 2.29. The summed E-state index contributed by atoms with van der Waals surface area (Å²) < 4.78 is 32.8. The van der Waals surface area contributed by atoms with E-state index in [2.05, 4.69) is 9.97 Å². The number of carbonyl (C=O) groups is 1. The maximum Gasteiger partial charge on any atom is 0.270 e. The van der Waals surface area contributed by atoms with Crippen molar-refractivity contribution in [1.82, 2.24) is 14.9 Å². The molecule has 1 amide bonds. The summed E-state index contributed by atoms with van der Waals surface area (Å²) in [6.07, 6.45) is 3.29. The molecule has 0 aliphatic carbocycles. The van der Waals surface area contributed by atoms with Crippen LogP contribution in [0.5, 0.6) is 5.75 Å². The molecular weight excluding hydrogens is 388 g/mol. The zero-order valence-corrected chi connectivity index (χ0v) is 16.7. The van der Waals surface area contributed by atoms with Gasteiger partial charge in [-0.15, -0.1) is 0 Å². The highest BCUT2D eigenvalue weighted by Crippen LogP contribution is 2.33. The summed E-state index contributed by atoms with van der Waals surface area (Å²) in [6, 6.07) is 12.8. The second kappa shape index (κ2) is 7.82. The monoisotopic (exact) mass is 409 g/mol. The van der Waals surface area contributed by atoms with Gasteiger partial charge in [0, 0.05) is 24.9 Å². The fourth-order valence-corrected chi connectivity index (χ4v) is 3.50. The lowest BCUT2D eigenvalue weighted by Gasteiger charge is -2.26. The first kappa shape index (κ1) is 19.9. The molecule has 0 saturated carbocycles. The van der Waals surface area contributed by atoms with Crippen molar-refractivity contribution in [3.63, 3.8) is 0 Å². The molecule has 4 rings (SSSR count). The molecule has 7 heteroatoms. The summed E-state index contributed by atoms with van der Waals surface area (Å²) in [4.78, 5) is 23.5. The third kappa shape index (κ3) is 3.87. The molecule has 0 unspecified atom stereocenters. The fourth-order valence-electron chi connectivity index (χ4n) is 3.50. The van der Waals surface area contributed by atoms with Crippen molar-refractivity contribution in [2.24, 2.45) is 0 Å². The van der Waals surface area contributed by atoms with Gasteiger partial charge in [-0.2, -0.15) is 0 Å². The van der Waals surface area contributed by atoms with E-state index in [1.807, 2.05) is 13.0 Å². The fraction of sp³-hybridized carbons (Fsp3) is 0.261. The zero-order valence-electron chi connectivity index (χ0n) is 16.7. The van der Waals surface area contributed by atoms with Crippen LogP contribution in [0, 0.1) is 0 Å². The largest absolute Gasteiger partial charge is 0.491 e. The van der Waals surface area contributed by atoms with Crippen molar-refractivity contribution >= 4 is 5.91 Å². The molecular formula is C23H21F2N3O2. The van der Waals surface area contributed by atoms with Crippen molar-refractivity contribution in [1.29, 1.82) is 0 Å². The van der Waals surface area contributed by atoms with Gasteiger partial charge in [0.1, 0.15) is 18.2 Å².